The van der Waals surface area contributed by atoms with Crippen LogP contribution < -0.4 is 14.5 Å². The van der Waals surface area contributed by atoms with Crippen LogP contribution in [0.15, 0.2) is 157 Å². The largest absolute Gasteiger partial charge is 0.457 e. The van der Waals surface area contributed by atoms with Crippen LogP contribution in [0, 0.1) is 27.7 Å². The van der Waals surface area contributed by atoms with Crippen molar-refractivity contribution in [3.8, 4) is 11.5 Å². The summed E-state index contributed by atoms with van der Waals surface area (Å²) >= 11 is 0. The van der Waals surface area contributed by atoms with Gasteiger partial charge in [-0.2, -0.15) is 0 Å². The van der Waals surface area contributed by atoms with E-state index in [2.05, 4.69) is 238 Å². The summed E-state index contributed by atoms with van der Waals surface area (Å²) in [7, 11) is 0. The fourth-order valence-electron chi connectivity index (χ4n) is 10.4. The maximum atomic E-state index is 7.06. The van der Waals surface area contributed by atoms with Crippen LogP contribution in [0.3, 0.4) is 0 Å². The predicted molar refractivity (Wildman–Crippen MR) is 268 cm³/mol. The minimum absolute atomic E-state index is 0.0155. The van der Waals surface area contributed by atoms with Crippen LogP contribution in [0.1, 0.15) is 117 Å². The first-order chi connectivity index (χ1) is 30.4. The molecule has 0 fully saturated rings. The number of hydrogen-bond acceptors (Lipinski definition) is 5. The highest BCUT2D eigenvalue weighted by Crippen LogP contribution is 2.54. The first-order valence-corrected chi connectivity index (χ1v) is 22.8. The Morgan fingerprint density at radius 1 is 0.609 bits per heavy atom. The summed E-state index contributed by atoms with van der Waals surface area (Å²) in [5.74, 6) is 3.41. The molecular formula is C59H62N4O. The number of hydrogen-bond donors (Lipinski definition) is 0. The van der Waals surface area contributed by atoms with Crippen molar-refractivity contribution in [2.45, 2.75) is 111 Å². The Hall–Kier alpha value is -6.46. The molecule has 324 valence electrons. The molecular weight excluding hydrogens is 781 g/mol. The average molecular weight is 843 g/mol. The van der Waals surface area contributed by atoms with Gasteiger partial charge < -0.3 is 9.64 Å². The van der Waals surface area contributed by atoms with Crippen molar-refractivity contribution in [3.05, 3.63) is 207 Å². The molecule has 1 atom stereocenters. The van der Waals surface area contributed by atoms with Gasteiger partial charge in [0.2, 0.25) is 0 Å². The summed E-state index contributed by atoms with van der Waals surface area (Å²) in [5.41, 5.74) is 13.9. The molecule has 1 aromatic heterocycles. The van der Waals surface area contributed by atoms with E-state index in [0.29, 0.717) is 0 Å². The number of pyridine rings is 1. The van der Waals surface area contributed by atoms with E-state index in [9.17, 15) is 0 Å². The summed E-state index contributed by atoms with van der Waals surface area (Å²) in [6.07, 6.45) is 1.90. The lowest BCUT2D eigenvalue weighted by Gasteiger charge is -2.48. The van der Waals surface area contributed by atoms with Gasteiger partial charge >= 0.3 is 0 Å². The number of nitrogens with zero attached hydrogens (tertiary/aromatic N) is 4. The van der Waals surface area contributed by atoms with E-state index in [-0.39, 0.29) is 16.7 Å². The Balaban J connectivity index is 1.17. The number of rotatable bonds is 8. The van der Waals surface area contributed by atoms with Gasteiger partial charge in [0.05, 0.1) is 22.5 Å². The molecule has 7 aromatic rings. The second-order valence-corrected chi connectivity index (χ2v) is 20.4. The van der Waals surface area contributed by atoms with Gasteiger partial charge in [0.25, 0.3) is 0 Å². The van der Waals surface area contributed by atoms with Crippen molar-refractivity contribution >= 4 is 28.7 Å². The number of aromatic nitrogens is 1. The molecule has 0 saturated heterocycles. The highest BCUT2D eigenvalue weighted by atomic mass is 16.5. The summed E-state index contributed by atoms with van der Waals surface area (Å²) in [5, 5.41) is 0. The van der Waals surface area contributed by atoms with Gasteiger partial charge in [-0.3, -0.25) is 9.89 Å². The Morgan fingerprint density at radius 2 is 1.27 bits per heavy atom. The molecule has 0 N–H and O–H groups in total. The van der Waals surface area contributed by atoms with E-state index in [0.717, 1.165) is 51.2 Å². The Bertz CT molecular complexity index is 2860. The Labute approximate surface area is 381 Å². The fourth-order valence-corrected chi connectivity index (χ4v) is 10.4. The molecule has 3 heterocycles. The van der Waals surface area contributed by atoms with Crippen LogP contribution in [0.25, 0.3) is 0 Å². The minimum Gasteiger partial charge on any atom is -0.457 e. The van der Waals surface area contributed by atoms with Crippen molar-refractivity contribution in [1.29, 1.82) is 0 Å². The number of anilines is 4. The van der Waals surface area contributed by atoms with Gasteiger partial charge in [0.1, 0.15) is 23.2 Å². The summed E-state index contributed by atoms with van der Waals surface area (Å²) < 4.78 is 7.06. The molecule has 9 rings (SSSR count). The highest BCUT2D eigenvalue weighted by molar-refractivity contribution is 6.14. The molecule has 0 spiro atoms. The zero-order valence-electron chi connectivity index (χ0n) is 39.7. The molecule has 64 heavy (non-hydrogen) atoms. The van der Waals surface area contributed by atoms with Crippen LogP contribution >= 0.6 is 0 Å². The van der Waals surface area contributed by atoms with Gasteiger partial charge in [-0.1, -0.05) is 144 Å². The van der Waals surface area contributed by atoms with Crippen LogP contribution in [-0.2, 0) is 10.8 Å². The predicted octanol–water partition coefficient (Wildman–Crippen LogP) is 15.2. The van der Waals surface area contributed by atoms with Gasteiger partial charge in [0, 0.05) is 40.4 Å². The molecule has 0 unspecified atom stereocenters. The lowest BCUT2D eigenvalue weighted by Crippen LogP contribution is -2.57. The smallest absolute Gasteiger partial charge is 0.141 e. The molecule has 2 aliphatic heterocycles. The van der Waals surface area contributed by atoms with Gasteiger partial charge in [0.15, 0.2) is 0 Å². The molecule has 0 amide bonds. The van der Waals surface area contributed by atoms with E-state index in [1.165, 1.54) is 44.6 Å². The molecule has 0 aliphatic carbocycles. The summed E-state index contributed by atoms with van der Waals surface area (Å²) in [4.78, 5) is 15.8. The normalized spacial score (nSPS) is 17.5. The average Bonchev–Trinajstić information content (AvgIpc) is 3.46. The van der Waals surface area contributed by atoms with Crippen molar-refractivity contribution < 1.29 is 4.74 Å². The minimum atomic E-state index is -0.589. The second kappa shape index (κ2) is 15.7. The number of ether oxygens (including phenoxy) is 1. The van der Waals surface area contributed by atoms with Gasteiger partial charge in [-0.25, -0.2) is 4.98 Å². The van der Waals surface area contributed by atoms with E-state index in [1.54, 1.807) is 0 Å². The van der Waals surface area contributed by atoms with Crippen LogP contribution in [0.4, 0.5) is 22.9 Å². The number of para-hydroxylation sites is 1. The van der Waals surface area contributed by atoms with Gasteiger partial charge in [-0.05, 0) is 129 Å². The maximum absolute atomic E-state index is 7.06. The van der Waals surface area contributed by atoms with Crippen molar-refractivity contribution in [2.75, 3.05) is 9.80 Å². The SMILES string of the molecule is Cc1cc(Oc2cc(C3=N[C@](C)(C(c4ccccc4)c4ccccc4)C(C)(C)N3c3c(C)cccc3C)ccc2C)cc(N2c3ccc(C(C)(C)C)cc3C(C)(C)c3cccnc32)c1. The van der Waals surface area contributed by atoms with Crippen molar-refractivity contribution in [3.63, 3.8) is 0 Å². The summed E-state index contributed by atoms with van der Waals surface area (Å²) in [6, 6.07) is 52.8. The fraction of sp³-hybridized carbons (Fsp3) is 0.288. The highest BCUT2D eigenvalue weighted by Gasteiger charge is 2.57. The quantitative estimate of drug-likeness (QED) is 0.153. The molecule has 5 nitrogen and oxygen atoms in total. The maximum Gasteiger partial charge on any atom is 0.141 e. The lowest BCUT2D eigenvalue weighted by atomic mass is 9.67. The standard InChI is InChI=1S/C59H62N4O/c1-38-33-46(62-50-31-30-45(56(5,6)7)36-49(50)57(8,9)48-27-20-32-60-55(48)62)37-47(34-38)64-51-35-44(29-28-39(51)2)54-61-59(12,58(10,11)63(54)53-40(3)21-19-22-41(53)4)52(42-23-15-13-16-24-42)43-25-17-14-18-26-43/h13-37,52H,1-12H3/t59-/m1/s1. The van der Waals surface area contributed by atoms with E-state index in [1.807, 2.05) is 6.20 Å². The zero-order valence-corrected chi connectivity index (χ0v) is 39.7. The first kappa shape index (κ1) is 42.8. The third kappa shape index (κ3) is 7.10. The van der Waals surface area contributed by atoms with Crippen LogP contribution in [0.2, 0.25) is 0 Å². The monoisotopic (exact) mass is 842 g/mol. The van der Waals surface area contributed by atoms with E-state index in [4.69, 9.17) is 14.7 Å². The van der Waals surface area contributed by atoms with Crippen molar-refractivity contribution in [1.82, 2.24) is 4.98 Å². The number of benzene rings is 6. The Kier molecular flexibility index (Phi) is 10.5. The van der Waals surface area contributed by atoms with E-state index >= 15 is 0 Å². The number of aliphatic imine (C=N–C) groups is 1. The van der Waals surface area contributed by atoms with Crippen LogP contribution in [0.5, 0.6) is 11.5 Å². The molecule has 0 saturated carbocycles. The molecule has 0 bridgehead atoms. The molecule has 2 aliphatic rings. The molecule has 6 aromatic carbocycles. The third-order valence-electron chi connectivity index (χ3n) is 14.3. The van der Waals surface area contributed by atoms with Crippen LogP contribution in [-0.4, -0.2) is 21.9 Å². The Morgan fingerprint density at radius 3 is 1.91 bits per heavy atom. The number of fused-ring (bicyclic) bond motifs is 2. The van der Waals surface area contributed by atoms with E-state index < -0.39 is 11.1 Å². The lowest BCUT2D eigenvalue weighted by molar-refractivity contribution is 0.279. The third-order valence-corrected chi connectivity index (χ3v) is 14.3. The molecule has 0 radical (unpaired) electrons. The zero-order chi connectivity index (χ0) is 45.3. The summed E-state index contributed by atoms with van der Waals surface area (Å²) in [6.45, 7) is 27.3. The van der Waals surface area contributed by atoms with Crippen molar-refractivity contribution in [2.24, 2.45) is 4.99 Å². The number of amidine groups is 1. The first-order valence-electron chi connectivity index (χ1n) is 22.8. The second-order valence-electron chi connectivity index (χ2n) is 20.4. The topological polar surface area (TPSA) is 41.0 Å². The molecule has 5 heteroatoms. The number of aryl methyl sites for hydroxylation is 4. The van der Waals surface area contributed by atoms with Gasteiger partial charge in [-0.15, -0.1) is 0 Å².